The number of rotatable bonds is 2. The van der Waals surface area contributed by atoms with E-state index in [2.05, 4.69) is 53.6 Å². The quantitative estimate of drug-likeness (QED) is 0.827. The third-order valence-electron chi connectivity index (χ3n) is 3.49. The summed E-state index contributed by atoms with van der Waals surface area (Å²) in [4.78, 5) is 19.6. The molecule has 19 heavy (non-hydrogen) atoms. The molecule has 4 heteroatoms. The van der Waals surface area contributed by atoms with Gasteiger partial charge >= 0.3 is 0 Å². The number of nitrogens with one attached hydrogen (secondary N) is 1. The lowest BCUT2D eigenvalue weighted by Crippen LogP contribution is -2.16. The summed E-state index contributed by atoms with van der Waals surface area (Å²) in [5.74, 6) is 1.18. The molecule has 1 aliphatic rings. The second-order valence-electron chi connectivity index (χ2n) is 5.21. The molecule has 0 amide bonds. The smallest absolute Gasteiger partial charge is 0.264 e. The van der Waals surface area contributed by atoms with Crippen molar-refractivity contribution in [1.29, 1.82) is 0 Å². The van der Waals surface area contributed by atoms with Crippen molar-refractivity contribution in [2.75, 3.05) is 0 Å². The van der Waals surface area contributed by atoms with Gasteiger partial charge in [0.05, 0.1) is 9.26 Å². The highest BCUT2D eigenvalue weighted by Crippen LogP contribution is 2.40. The third-order valence-corrected chi connectivity index (χ3v) is 4.53. The first-order valence-electron chi connectivity index (χ1n) is 6.43. The summed E-state index contributed by atoms with van der Waals surface area (Å²) in [5.41, 5.74) is 4.33. The van der Waals surface area contributed by atoms with Gasteiger partial charge in [-0.1, -0.05) is 23.8 Å². The molecule has 0 spiro atoms. The Morgan fingerprint density at radius 1 is 1.32 bits per heavy atom. The zero-order valence-electron chi connectivity index (χ0n) is 11.0. The molecule has 1 saturated carbocycles. The minimum absolute atomic E-state index is 0.0209. The Hall–Kier alpha value is -1.17. The van der Waals surface area contributed by atoms with E-state index in [4.69, 9.17) is 4.98 Å². The van der Waals surface area contributed by atoms with Crippen LogP contribution in [-0.2, 0) is 0 Å². The molecule has 0 radical (unpaired) electrons. The third kappa shape index (κ3) is 2.45. The lowest BCUT2D eigenvalue weighted by atomic mass is 10.1. The Bertz CT molecular complexity index is 702. The van der Waals surface area contributed by atoms with Crippen LogP contribution in [0, 0.1) is 17.4 Å². The van der Waals surface area contributed by atoms with E-state index in [1.54, 1.807) is 0 Å². The fraction of sp³-hybridized carbons (Fsp3) is 0.333. The minimum atomic E-state index is -0.0209. The molecule has 2 aromatic rings. The zero-order chi connectivity index (χ0) is 13.6. The van der Waals surface area contributed by atoms with Gasteiger partial charge < -0.3 is 4.98 Å². The molecule has 1 aliphatic carbocycles. The van der Waals surface area contributed by atoms with E-state index < -0.39 is 0 Å². The molecule has 1 fully saturated rings. The van der Waals surface area contributed by atoms with E-state index >= 15 is 0 Å². The molecule has 1 N–H and O–H groups in total. The Balaban J connectivity index is 2.17. The summed E-state index contributed by atoms with van der Waals surface area (Å²) >= 11 is 2.10. The Kier molecular flexibility index (Phi) is 3.20. The second kappa shape index (κ2) is 4.74. The number of aromatic amines is 1. The summed E-state index contributed by atoms with van der Waals surface area (Å²) in [5, 5.41) is 0. The van der Waals surface area contributed by atoms with Crippen LogP contribution >= 0.6 is 22.6 Å². The normalized spacial score (nSPS) is 14.7. The van der Waals surface area contributed by atoms with Crippen LogP contribution in [0.1, 0.15) is 35.6 Å². The Morgan fingerprint density at radius 3 is 2.68 bits per heavy atom. The van der Waals surface area contributed by atoms with E-state index in [-0.39, 0.29) is 5.56 Å². The zero-order valence-corrected chi connectivity index (χ0v) is 13.1. The van der Waals surface area contributed by atoms with Crippen molar-refractivity contribution in [3.63, 3.8) is 0 Å². The first-order valence-corrected chi connectivity index (χ1v) is 7.51. The van der Waals surface area contributed by atoms with Crippen LogP contribution in [0.15, 0.2) is 23.0 Å². The maximum Gasteiger partial charge on any atom is 0.264 e. The van der Waals surface area contributed by atoms with Crippen LogP contribution < -0.4 is 5.56 Å². The topological polar surface area (TPSA) is 45.8 Å². The number of aryl methyl sites for hydroxylation is 2. The van der Waals surface area contributed by atoms with E-state index in [1.165, 1.54) is 5.56 Å². The number of nitrogens with zero attached hydrogens (tertiary/aromatic N) is 1. The number of hydrogen-bond acceptors (Lipinski definition) is 2. The van der Waals surface area contributed by atoms with Crippen LogP contribution in [0.5, 0.6) is 0 Å². The average molecular weight is 366 g/mol. The number of hydrogen-bond donors (Lipinski definition) is 1. The summed E-state index contributed by atoms with van der Waals surface area (Å²) in [7, 11) is 0. The number of benzene rings is 1. The second-order valence-corrected chi connectivity index (χ2v) is 6.29. The predicted molar refractivity (Wildman–Crippen MR) is 84.5 cm³/mol. The van der Waals surface area contributed by atoms with Gasteiger partial charge in [0.2, 0.25) is 0 Å². The molecular formula is C15H15IN2O. The van der Waals surface area contributed by atoms with Crippen molar-refractivity contribution < 1.29 is 0 Å². The van der Waals surface area contributed by atoms with Gasteiger partial charge in [0.15, 0.2) is 0 Å². The van der Waals surface area contributed by atoms with Crippen LogP contribution in [0.4, 0.5) is 0 Å². The van der Waals surface area contributed by atoms with Gasteiger partial charge in [0.25, 0.3) is 5.56 Å². The molecule has 3 nitrogen and oxygen atoms in total. The number of halogens is 1. The first kappa shape index (κ1) is 12.8. The molecule has 0 bridgehead atoms. The van der Waals surface area contributed by atoms with Crippen LogP contribution in [-0.4, -0.2) is 9.97 Å². The van der Waals surface area contributed by atoms with Gasteiger partial charge in [-0.25, -0.2) is 4.98 Å². The van der Waals surface area contributed by atoms with Gasteiger partial charge in [0.1, 0.15) is 5.82 Å². The van der Waals surface area contributed by atoms with Crippen molar-refractivity contribution in [3.8, 4) is 11.4 Å². The summed E-state index contributed by atoms with van der Waals surface area (Å²) in [6.07, 6.45) is 2.30. The maximum absolute atomic E-state index is 12.0. The monoisotopic (exact) mass is 366 g/mol. The Morgan fingerprint density at radius 2 is 2.05 bits per heavy atom. The van der Waals surface area contributed by atoms with Crippen LogP contribution in [0.2, 0.25) is 0 Å². The molecule has 0 unspecified atom stereocenters. The van der Waals surface area contributed by atoms with Crippen molar-refractivity contribution in [1.82, 2.24) is 9.97 Å². The van der Waals surface area contributed by atoms with Crippen LogP contribution in [0.3, 0.4) is 0 Å². The van der Waals surface area contributed by atoms with Gasteiger partial charge in [0, 0.05) is 11.5 Å². The summed E-state index contributed by atoms with van der Waals surface area (Å²) in [6, 6.07) is 6.20. The van der Waals surface area contributed by atoms with Crippen molar-refractivity contribution in [2.45, 2.75) is 32.6 Å². The summed E-state index contributed by atoms with van der Waals surface area (Å²) < 4.78 is 0.744. The van der Waals surface area contributed by atoms with Gasteiger partial charge in [-0.3, -0.25) is 4.79 Å². The molecule has 1 aromatic carbocycles. The molecular weight excluding hydrogens is 351 g/mol. The molecule has 0 atom stereocenters. The van der Waals surface area contributed by atoms with Crippen molar-refractivity contribution in [2.24, 2.45) is 0 Å². The molecule has 0 saturated heterocycles. The lowest BCUT2D eigenvalue weighted by molar-refractivity contribution is 0.957. The predicted octanol–water partition coefficient (Wildman–Crippen LogP) is 3.54. The maximum atomic E-state index is 12.0. The van der Waals surface area contributed by atoms with Gasteiger partial charge in [-0.15, -0.1) is 0 Å². The average Bonchev–Trinajstić information content (AvgIpc) is 3.17. The van der Waals surface area contributed by atoms with E-state index in [0.29, 0.717) is 11.7 Å². The highest BCUT2D eigenvalue weighted by Gasteiger charge is 2.29. The largest absolute Gasteiger partial charge is 0.306 e. The van der Waals surface area contributed by atoms with E-state index in [9.17, 15) is 4.79 Å². The van der Waals surface area contributed by atoms with Crippen molar-refractivity contribution in [3.05, 3.63) is 48.9 Å². The van der Waals surface area contributed by atoms with Gasteiger partial charge in [-0.05, 0) is 54.8 Å². The number of aromatic nitrogens is 2. The standard InChI is InChI=1S/C15H15IN2O/c1-8-3-6-11(9(2)7-8)14-17-13(10-4-5-10)12(16)15(19)18-14/h3,6-7,10H,4-5H2,1-2H3,(H,17,18,19). The van der Waals surface area contributed by atoms with Crippen molar-refractivity contribution >= 4 is 22.6 Å². The fourth-order valence-corrected chi connectivity index (χ4v) is 3.01. The SMILES string of the molecule is Cc1ccc(-c2nc(C3CC3)c(I)c(=O)[nH]2)c(C)c1. The molecule has 1 heterocycles. The summed E-state index contributed by atoms with van der Waals surface area (Å²) in [6.45, 7) is 4.12. The van der Waals surface area contributed by atoms with E-state index in [1.807, 2.05) is 6.07 Å². The molecule has 1 aromatic heterocycles. The van der Waals surface area contributed by atoms with Gasteiger partial charge in [-0.2, -0.15) is 0 Å². The van der Waals surface area contributed by atoms with Crippen LogP contribution in [0.25, 0.3) is 11.4 Å². The molecule has 0 aliphatic heterocycles. The minimum Gasteiger partial charge on any atom is -0.306 e. The fourth-order valence-electron chi connectivity index (χ4n) is 2.31. The first-order chi connectivity index (χ1) is 9.06. The molecule has 3 rings (SSSR count). The Labute approximate surface area is 125 Å². The number of H-pyrrole nitrogens is 1. The molecule has 98 valence electrons. The highest BCUT2D eigenvalue weighted by molar-refractivity contribution is 14.1. The lowest BCUT2D eigenvalue weighted by Gasteiger charge is -2.09. The van der Waals surface area contributed by atoms with E-state index in [0.717, 1.165) is 33.2 Å². The highest BCUT2D eigenvalue weighted by atomic mass is 127.